The number of hydrogen-bond donors (Lipinski definition) is 1. The van der Waals surface area contributed by atoms with Gasteiger partial charge in [0.15, 0.2) is 0 Å². The largest absolute Gasteiger partial charge is 0.337 e. The van der Waals surface area contributed by atoms with Gasteiger partial charge in [0.05, 0.1) is 12.0 Å². The van der Waals surface area contributed by atoms with E-state index < -0.39 is 0 Å². The fraction of sp³-hybridized carbons (Fsp3) is 0.370. The van der Waals surface area contributed by atoms with E-state index in [-0.39, 0.29) is 23.0 Å². The highest BCUT2D eigenvalue weighted by molar-refractivity contribution is 7.19. The van der Waals surface area contributed by atoms with E-state index in [2.05, 4.69) is 22.2 Å². The third kappa shape index (κ3) is 4.60. The van der Waals surface area contributed by atoms with E-state index in [1.54, 1.807) is 53.8 Å². The molecular weight excluding hydrogens is 463 g/mol. The highest BCUT2D eigenvalue weighted by Gasteiger charge is 2.44. The first kappa shape index (κ1) is 23.6. The summed E-state index contributed by atoms with van der Waals surface area (Å²) >= 11 is 1.59. The van der Waals surface area contributed by atoms with Crippen molar-refractivity contribution in [2.45, 2.75) is 32.7 Å². The van der Waals surface area contributed by atoms with E-state index in [9.17, 15) is 14.0 Å². The van der Waals surface area contributed by atoms with Crippen LogP contribution in [0.1, 0.15) is 34.4 Å². The molecule has 2 aromatic heterocycles. The minimum Gasteiger partial charge on any atom is -0.337 e. The Bertz CT molecular complexity index is 1340. The monoisotopic (exact) mass is 492 g/mol. The second kappa shape index (κ2) is 9.17. The number of carbonyl (C=O) groups is 2. The van der Waals surface area contributed by atoms with Crippen LogP contribution in [-0.4, -0.2) is 53.8 Å². The highest BCUT2D eigenvalue weighted by atomic mass is 32.1. The van der Waals surface area contributed by atoms with Gasteiger partial charge in [-0.15, -0.1) is 11.3 Å². The lowest BCUT2D eigenvalue weighted by Crippen LogP contribution is -2.49. The number of benzene rings is 1. The normalized spacial score (nSPS) is 17.7. The lowest BCUT2D eigenvalue weighted by atomic mass is 9.71. The first-order valence-electron chi connectivity index (χ1n) is 11.8. The van der Waals surface area contributed by atoms with Crippen LogP contribution in [0, 0.1) is 18.2 Å². The Morgan fingerprint density at radius 2 is 2.09 bits per heavy atom. The van der Waals surface area contributed by atoms with Crippen LogP contribution in [0.3, 0.4) is 0 Å². The predicted octanol–water partition coefficient (Wildman–Crippen LogP) is 4.62. The van der Waals surface area contributed by atoms with Crippen LogP contribution in [-0.2, 0) is 22.6 Å². The van der Waals surface area contributed by atoms with Gasteiger partial charge in [0.2, 0.25) is 11.8 Å². The first-order chi connectivity index (χ1) is 16.7. The van der Waals surface area contributed by atoms with E-state index in [4.69, 9.17) is 0 Å². The molecule has 0 aliphatic carbocycles. The number of rotatable bonds is 4. The second-order valence-electron chi connectivity index (χ2n) is 9.81. The first-order valence-corrected chi connectivity index (χ1v) is 12.7. The molecule has 1 saturated heterocycles. The van der Waals surface area contributed by atoms with Gasteiger partial charge in [0.1, 0.15) is 11.6 Å². The molecule has 0 unspecified atom stereocenters. The number of piperidine rings is 1. The van der Waals surface area contributed by atoms with Crippen molar-refractivity contribution in [3.8, 4) is 0 Å². The molecule has 5 rings (SSSR count). The molecule has 1 fully saturated rings. The molecule has 1 N–H and O–H groups in total. The van der Waals surface area contributed by atoms with Crippen LogP contribution < -0.4 is 5.32 Å². The van der Waals surface area contributed by atoms with Gasteiger partial charge in [-0.05, 0) is 98.7 Å². The molecule has 0 saturated carbocycles. The molecule has 2 amide bonds. The molecule has 8 heteroatoms. The minimum atomic E-state index is -0.370. The Labute approximate surface area is 208 Å². The number of carbonyl (C=O) groups excluding carboxylic acids is 2. The number of pyridine rings is 1. The Balaban J connectivity index is 1.28. The summed E-state index contributed by atoms with van der Waals surface area (Å²) in [5, 5.41) is 3.90. The van der Waals surface area contributed by atoms with Crippen LogP contribution in [0.15, 0.2) is 36.5 Å². The molecule has 2 aliphatic heterocycles. The van der Waals surface area contributed by atoms with Gasteiger partial charge < -0.3 is 15.1 Å². The maximum atomic E-state index is 13.6. The van der Waals surface area contributed by atoms with Crippen LogP contribution in [0.25, 0.3) is 16.2 Å². The Kier molecular flexibility index (Phi) is 6.19. The zero-order valence-electron chi connectivity index (χ0n) is 20.2. The van der Waals surface area contributed by atoms with Crippen molar-refractivity contribution < 1.29 is 14.0 Å². The highest BCUT2D eigenvalue weighted by Crippen LogP contribution is 2.41. The van der Waals surface area contributed by atoms with E-state index in [1.807, 2.05) is 13.0 Å². The zero-order valence-corrected chi connectivity index (χ0v) is 21.0. The van der Waals surface area contributed by atoms with Gasteiger partial charge in [0, 0.05) is 28.9 Å². The van der Waals surface area contributed by atoms with Gasteiger partial charge in [-0.2, -0.15) is 0 Å². The van der Waals surface area contributed by atoms with E-state index in [1.165, 1.54) is 6.07 Å². The number of thiophene rings is 1. The molecule has 6 nitrogen and oxygen atoms in total. The Morgan fingerprint density at radius 1 is 1.31 bits per heavy atom. The number of fused-ring (bicyclic) bond motifs is 2. The average molecular weight is 493 g/mol. The molecule has 1 aromatic carbocycles. The van der Waals surface area contributed by atoms with Gasteiger partial charge in [-0.1, -0.05) is 0 Å². The van der Waals surface area contributed by atoms with Crippen LogP contribution in [0.4, 0.5) is 10.2 Å². The number of hydrogen-bond acceptors (Lipinski definition) is 5. The van der Waals surface area contributed by atoms with Crippen LogP contribution in [0.5, 0.6) is 0 Å². The fourth-order valence-corrected chi connectivity index (χ4v) is 6.23. The molecule has 0 atom stereocenters. The lowest BCUT2D eigenvalue weighted by molar-refractivity contribution is -0.128. The van der Waals surface area contributed by atoms with Crippen molar-refractivity contribution >= 4 is 45.1 Å². The maximum Gasteiger partial charge on any atom is 0.246 e. The molecular formula is C27H29FN4O2S. The van der Waals surface area contributed by atoms with E-state index in [0.29, 0.717) is 18.8 Å². The SMILES string of the molecule is Cc1c(CN(C)C(=O)C=Cc2cnc3c(c2)CC2(CCN(C)CC2)C(=O)N3)sc2ccc(F)cc12. The Hall–Kier alpha value is -3.10. The number of nitrogens with zero attached hydrogens (tertiary/aromatic N) is 3. The molecule has 182 valence electrons. The van der Waals surface area contributed by atoms with Crippen molar-refractivity contribution in [1.82, 2.24) is 14.8 Å². The van der Waals surface area contributed by atoms with Crippen molar-refractivity contribution in [2.24, 2.45) is 5.41 Å². The van der Waals surface area contributed by atoms with Gasteiger partial charge in [0.25, 0.3) is 0 Å². The maximum absolute atomic E-state index is 13.6. The molecule has 4 heterocycles. The second-order valence-corrected chi connectivity index (χ2v) is 10.9. The number of likely N-dealkylation sites (tertiary alicyclic amines) is 1. The smallest absolute Gasteiger partial charge is 0.246 e. The number of aromatic nitrogens is 1. The fourth-order valence-electron chi connectivity index (χ4n) is 4.99. The molecule has 35 heavy (non-hydrogen) atoms. The molecule has 0 bridgehead atoms. The lowest BCUT2D eigenvalue weighted by Gasteiger charge is -2.42. The summed E-state index contributed by atoms with van der Waals surface area (Å²) in [5.41, 5.74) is 2.49. The summed E-state index contributed by atoms with van der Waals surface area (Å²) in [6.07, 6.45) is 7.36. The van der Waals surface area contributed by atoms with Crippen molar-refractivity contribution in [3.05, 3.63) is 63.9 Å². The summed E-state index contributed by atoms with van der Waals surface area (Å²) in [7, 11) is 3.85. The van der Waals surface area contributed by atoms with Crippen LogP contribution >= 0.6 is 11.3 Å². The number of halogens is 1. The van der Waals surface area contributed by atoms with Gasteiger partial charge in [-0.25, -0.2) is 9.37 Å². The number of amides is 2. The van der Waals surface area contributed by atoms with Crippen LogP contribution in [0.2, 0.25) is 0 Å². The van der Waals surface area contributed by atoms with E-state index in [0.717, 1.165) is 57.6 Å². The summed E-state index contributed by atoms with van der Waals surface area (Å²) in [6.45, 7) is 4.24. The number of nitrogens with one attached hydrogen (secondary N) is 1. The van der Waals surface area contributed by atoms with Gasteiger partial charge in [-0.3, -0.25) is 9.59 Å². The van der Waals surface area contributed by atoms with Crippen molar-refractivity contribution in [1.29, 1.82) is 0 Å². The summed E-state index contributed by atoms with van der Waals surface area (Å²) in [6, 6.07) is 6.82. The number of likely N-dealkylation sites (N-methyl/N-ethyl adjacent to an activating group) is 1. The zero-order chi connectivity index (χ0) is 24.7. The van der Waals surface area contributed by atoms with Gasteiger partial charge >= 0.3 is 0 Å². The summed E-state index contributed by atoms with van der Waals surface area (Å²) in [5.74, 6) is 0.324. The van der Waals surface area contributed by atoms with Crippen molar-refractivity contribution in [2.75, 3.05) is 32.5 Å². The van der Waals surface area contributed by atoms with E-state index >= 15 is 0 Å². The average Bonchev–Trinajstić information content (AvgIpc) is 3.14. The summed E-state index contributed by atoms with van der Waals surface area (Å²) in [4.78, 5) is 35.0. The predicted molar refractivity (Wildman–Crippen MR) is 138 cm³/mol. The molecule has 1 spiro atoms. The number of anilines is 1. The standard InChI is InChI=1S/C27H29FN4O2S/c1-17-21-13-20(28)5-6-22(21)35-23(17)16-32(3)24(33)7-4-18-12-19-14-27(8-10-31(2)11-9-27)26(34)30-25(19)29-15-18/h4-7,12-13,15H,8-11,14,16H2,1-3H3,(H,29,30,34). The van der Waals surface area contributed by atoms with Crippen molar-refractivity contribution in [3.63, 3.8) is 0 Å². The molecule has 0 radical (unpaired) electrons. The Morgan fingerprint density at radius 3 is 2.86 bits per heavy atom. The molecule has 3 aromatic rings. The topological polar surface area (TPSA) is 65.5 Å². The third-order valence-electron chi connectivity index (χ3n) is 7.35. The summed E-state index contributed by atoms with van der Waals surface area (Å²) < 4.78 is 14.6. The minimum absolute atomic E-state index is 0.0740. The third-order valence-corrected chi connectivity index (χ3v) is 8.60. The molecule has 2 aliphatic rings. The number of aryl methyl sites for hydroxylation is 1. The quantitative estimate of drug-likeness (QED) is 0.540.